The maximum absolute atomic E-state index is 5.30. The van der Waals surface area contributed by atoms with Gasteiger partial charge in [-0.15, -0.1) is 0 Å². The molecule has 0 fully saturated rings. The summed E-state index contributed by atoms with van der Waals surface area (Å²) in [6.45, 7) is 0. The quantitative estimate of drug-likeness (QED) is 0.124. The number of benzene rings is 7. The van der Waals surface area contributed by atoms with Crippen LogP contribution in [0.5, 0.6) is 0 Å². The fraction of sp³-hybridized carbons (Fsp3) is 0.135. The van der Waals surface area contributed by atoms with Crippen LogP contribution in [0.1, 0.15) is 47.9 Å². The van der Waals surface area contributed by atoms with Gasteiger partial charge in [-0.1, -0.05) is 165 Å². The van der Waals surface area contributed by atoms with E-state index < -0.39 is 0 Å². The molecule has 0 unspecified atom stereocenters. The lowest BCUT2D eigenvalue weighted by Crippen LogP contribution is -1.93. The molecule has 1 aliphatic carbocycles. The summed E-state index contributed by atoms with van der Waals surface area (Å²) in [6.07, 6.45) is 8.29. The van der Waals surface area contributed by atoms with E-state index in [1.54, 1.807) is 0 Å². The van der Waals surface area contributed by atoms with Gasteiger partial charge in [0.1, 0.15) is 0 Å². The fourth-order valence-corrected chi connectivity index (χ4v) is 8.24. The molecule has 0 N–H and O–H groups in total. The van der Waals surface area contributed by atoms with E-state index in [-0.39, 0.29) is 0 Å². The van der Waals surface area contributed by atoms with Crippen LogP contribution in [0, 0.1) is 0 Å². The Morgan fingerprint density at radius 1 is 0.358 bits per heavy atom. The fourth-order valence-electron chi connectivity index (χ4n) is 8.24. The molecule has 1 heteroatoms. The first-order chi connectivity index (χ1) is 26.3. The number of hydrogen-bond donors (Lipinski definition) is 0. The third-order valence-electron chi connectivity index (χ3n) is 11.0. The van der Waals surface area contributed by atoms with E-state index in [0.29, 0.717) is 0 Å². The Labute approximate surface area is 313 Å². The van der Waals surface area contributed by atoms with Gasteiger partial charge in [0.15, 0.2) is 0 Å². The maximum Gasteiger partial charge on any atom is 0.0716 e. The minimum atomic E-state index is 0.972. The van der Waals surface area contributed by atoms with Crippen molar-refractivity contribution in [3.05, 3.63) is 198 Å². The summed E-state index contributed by atoms with van der Waals surface area (Å²) in [6, 6.07) is 64.5. The zero-order valence-corrected chi connectivity index (χ0v) is 30.1. The van der Waals surface area contributed by atoms with E-state index >= 15 is 0 Å². The van der Waals surface area contributed by atoms with Crippen LogP contribution in [-0.4, -0.2) is 4.98 Å². The standard InChI is InChI=1S/C52H43N/c1(5-16-37-17-7-3-8-18-37)2-6-19-38-20-15-24-40(32-38)45-26-13-14-27-47(45)42-29-31-51-50(35-42)49(39-21-9-4-10-22-39)36-52(53-51)43-28-30-48-44(34-43)33-41-23-11-12-25-46(41)48/h3-4,7-15,17-18,20-32,34-36H,1-2,5-6,16,19,33H2. The average molecular weight is 682 g/mol. The Morgan fingerprint density at radius 2 is 0.962 bits per heavy atom. The number of aryl methyl sites for hydroxylation is 2. The predicted molar refractivity (Wildman–Crippen MR) is 224 cm³/mol. The number of aromatic nitrogens is 1. The van der Waals surface area contributed by atoms with Gasteiger partial charge in [-0.05, 0) is 123 Å². The van der Waals surface area contributed by atoms with Gasteiger partial charge < -0.3 is 0 Å². The van der Waals surface area contributed by atoms with Gasteiger partial charge in [0.05, 0.1) is 11.2 Å². The first-order valence-corrected chi connectivity index (χ1v) is 19.2. The van der Waals surface area contributed by atoms with Gasteiger partial charge in [-0.3, -0.25) is 0 Å². The van der Waals surface area contributed by atoms with Gasteiger partial charge in [-0.2, -0.15) is 0 Å². The minimum absolute atomic E-state index is 0.972. The summed E-state index contributed by atoms with van der Waals surface area (Å²) in [7, 11) is 0. The Hall–Kier alpha value is -6.05. The van der Waals surface area contributed by atoms with Crippen molar-refractivity contribution >= 4 is 10.9 Å². The van der Waals surface area contributed by atoms with Crippen molar-refractivity contribution in [2.45, 2.75) is 44.9 Å². The van der Waals surface area contributed by atoms with E-state index in [4.69, 9.17) is 4.98 Å². The molecule has 0 atom stereocenters. The highest BCUT2D eigenvalue weighted by molar-refractivity contribution is 6.00. The Bertz CT molecular complexity index is 2530. The topological polar surface area (TPSA) is 12.9 Å². The maximum atomic E-state index is 5.30. The van der Waals surface area contributed by atoms with Crippen LogP contribution < -0.4 is 0 Å². The van der Waals surface area contributed by atoms with E-state index in [9.17, 15) is 0 Å². The molecular formula is C52H43N. The van der Waals surface area contributed by atoms with Crippen LogP contribution in [0.4, 0.5) is 0 Å². The summed E-state index contributed by atoms with van der Waals surface area (Å²) in [5.74, 6) is 0. The first-order valence-electron chi connectivity index (χ1n) is 19.2. The molecule has 53 heavy (non-hydrogen) atoms. The predicted octanol–water partition coefficient (Wildman–Crippen LogP) is 13.8. The third kappa shape index (κ3) is 6.96. The highest BCUT2D eigenvalue weighted by atomic mass is 14.7. The molecule has 0 amide bonds. The van der Waals surface area contributed by atoms with Crippen molar-refractivity contribution in [2.75, 3.05) is 0 Å². The van der Waals surface area contributed by atoms with Crippen LogP contribution in [0.2, 0.25) is 0 Å². The first kappa shape index (κ1) is 32.8. The van der Waals surface area contributed by atoms with Crippen LogP contribution in [0.3, 0.4) is 0 Å². The van der Waals surface area contributed by atoms with Crippen molar-refractivity contribution in [1.29, 1.82) is 0 Å². The zero-order chi connectivity index (χ0) is 35.4. The van der Waals surface area contributed by atoms with Gasteiger partial charge >= 0.3 is 0 Å². The van der Waals surface area contributed by atoms with Crippen molar-refractivity contribution in [2.24, 2.45) is 0 Å². The van der Waals surface area contributed by atoms with Crippen molar-refractivity contribution in [1.82, 2.24) is 4.98 Å². The zero-order valence-electron chi connectivity index (χ0n) is 30.1. The Balaban J connectivity index is 1.00. The summed E-state index contributed by atoms with van der Waals surface area (Å²) in [4.78, 5) is 5.30. The number of fused-ring (bicyclic) bond motifs is 4. The van der Waals surface area contributed by atoms with Gasteiger partial charge in [0.25, 0.3) is 0 Å². The molecule has 1 heterocycles. The van der Waals surface area contributed by atoms with Crippen molar-refractivity contribution in [3.8, 4) is 55.8 Å². The molecule has 1 nitrogen and oxygen atoms in total. The molecule has 0 radical (unpaired) electrons. The monoisotopic (exact) mass is 681 g/mol. The molecule has 0 aliphatic heterocycles. The smallest absolute Gasteiger partial charge is 0.0716 e. The summed E-state index contributed by atoms with van der Waals surface area (Å²) >= 11 is 0. The second kappa shape index (κ2) is 14.9. The second-order valence-corrected chi connectivity index (χ2v) is 14.5. The lowest BCUT2D eigenvalue weighted by molar-refractivity contribution is 0.640. The Morgan fingerprint density at radius 3 is 1.75 bits per heavy atom. The number of pyridine rings is 1. The third-order valence-corrected chi connectivity index (χ3v) is 11.0. The molecular weight excluding hydrogens is 639 g/mol. The Kier molecular flexibility index (Phi) is 9.23. The van der Waals surface area contributed by atoms with Crippen molar-refractivity contribution in [3.63, 3.8) is 0 Å². The van der Waals surface area contributed by atoms with Crippen molar-refractivity contribution < 1.29 is 0 Å². The molecule has 8 aromatic rings. The number of nitrogens with zero attached hydrogens (tertiary/aromatic N) is 1. The largest absolute Gasteiger partial charge is 0.248 e. The van der Waals surface area contributed by atoms with Gasteiger partial charge in [0.2, 0.25) is 0 Å². The minimum Gasteiger partial charge on any atom is -0.248 e. The molecule has 0 saturated heterocycles. The molecule has 7 aromatic carbocycles. The van der Waals surface area contributed by atoms with E-state index in [1.165, 1.54) is 104 Å². The van der Waals surface area contributed by atoms with E-state index in [2.05, 4.69) is 176 Å². The number of hydrogen-bond acceptors (Lipinski definition) is 1. The molecule has 0 saturated carbocycles. The SMILES string of the molecule is c1ccc(CCCCCCc2cccc(-c3ccccc3-c3ccc4nc(-c5ccc6c(c5)Cc5ccccc5-6)cc(-c5ccccc5)c4c3)c2)cc1. The van der Waals surface area contributed by atoms with E-state index in [1.807, 2.05) is 0 Å². The van der Waals surface area contributed by atoms with Gasteiger partial charge in [0, 0.05) is 10.9 Å². The average Bonchev–Trinajstić information content (AvgIpc) is 3.60. The van der Waals surface area contributed by atoms with Gasteiger partial charge in [-0.25, -0.2) is 4.98 Å². The van der Waals surface area contributed by atoms with Crippen LogP contribution in [0.25, 0.3) is 66.7 Å². The molecule has 1 aliphatic rings. The molecule has 0 bridgehead atoms. The lowest BCUT2D eigenvalue weighted by Gasteiger charge is -2.15. The molecule has 1 aromatic heterocycles. The second-order valence-electron chi connectivity index (χ2n) is 14.5. The van der Waals surface area contributed by atoms with Crippen LogP contribution >= 0.6 is 0 Å². The summed E-state index contributed by atoms with van der Waals surface area (Å²) in [5, 5.41) is 1.17. The molecule has 9 rings (SSSR count). The highest BCUT2D eigenvalue weighted by Crippen LogP contribution is 2.41. The lowest BCUT2D eigenvalue weighted by atomic mass is 9.91. The summed E-state index contributed by atoms with van der Waals surface area (Å²) < 4.78 is 0. The number of unbranched alkanes of at least 4 members (excludes halogenated alkanes) is 3. The normalized spacial score (nSPS) is 11.8. The molecule has 0 spiro atoms. The van der Waals surface area contributed by atoms with Crippen LogP contribution in [-0.2, 0) is 19.3 Å². The highest BCUT2D eigenvalue weighted by Gasteiger charge is 2.19. The van der Waals surface area contributed by atoms with Crippen LogP contribution in [0.15, 0.2) is 176 Å². The summed E-state index contributed by atoms with van der Waals surface area (Å²) in [5.41, 5.74) is 18.9. The number of rotatable bonds is 11. The molecule has 256 valence electrons. The van der Waals surface area contributed by atoms with E-state index in [0.717, 1.165) is 29.6 Å².